The second-order valence-corrected chi connectivity index (χ2v) is 8.21. The van der Waals surface area contributed by atoms with Gasteiger partial charge in [-0.05, 0) is 23.8 Å². The number of benzene rings is 1. The van der Waals surface area contributed by atoms with E-state index in [1.54, 1.807) is 29.1 Å². The van der Waals surface area contributed by atoms with E-state index in [9.17, 15) is 9.18 Å². The first kappa shape index (κ1) is 20.2. The van der Waals surface area contributed by atoms with Gasteiger partial charge in [0.05, 0.1) is 42.5 Å². The highest BCUT2D eigenvalue weighted by Crippen LogP contribution is 2.28. The van der Waals surface area contributed by atoms with Crippen molar-refractivity contribution in [3.05, 3.63) is 67.9 Å². The third-order valence-corrected chi connectivity index (χ3v) is 5.46. The molecule has 30 heavy (non-hydrogen) atoms. The van der Waals surface area contributed by atoms with Crippen LogP contribution < -0.4 is 26.2 Å². The van der Waals surface area contributed by atoms with Crippen LogP contribution in [0.2, 0.25) is 5.02 Å². The summed E-state index contributed by atoms with van der Waals surface area (Å²) in [4.78, 5) is 16.5. The number of nitrogens with zero attached hydrogens (tertiary/aromatic N) is 3. The first-order valence-corrected chi connectivity index (χ1v) is 9.75. The van der Waals surface area contributed by atoms with Crippen LogP contribution in [0.4, 0.5) is 10.3 Å². The summed E-state index contributed by atoms with van der Waals surface area (Å²) in [6, 6.07) is 4.34. The molecule has 1 aliphatic carbocycles. The van der Waals surface area contributed by atoms with Crippen molar-refractivity contribution in [3.63, 3.8) is 0 Å². The molecule has 0 spiro atoms. The van der Waals surface area contributed by atoms with Crippen molar-refractivity contribution in [1.82, 2.24) is 19.7 Å². The number of hydrogen-bond donors (Lipinski definition) is 2. The van der Waals surface area contributed by atoms with E-state index in [4.69, 9.17) is 16.3 Å². The van der Waals surface area contributed by atoms with E-state index in [1.165, 1.54) is 13.2 Å². The molecule has 2 aromatic heterocycles. The van der Waals surface area contributed by atoms with Gasteiger partial charge in [0.15, 0.2) is 0 Å². The number of H-pyrrole nitrogens is 1. The van der Waals surface area contributed by atoms with Gasteiger partial charge in [-0.2, -0.15) is 10.1 Å². The number of ether oxygens (including phenoxy) is 1. The van der Waals surface area contributed by atoms with Gasteiger partial charge in [-0.3, -0.25) is 9.89 Å². The normalized spacial score (nSPS) is 16.9. The first-order valence-electron chi connectivity index (χ1n) is 9.37. The Kier molecular flexibility index (Phi) is 5.11. The van der Waals surface area contributed by atoms with Crippen molar-refractivity contribution in [1.29, 1.82) is 0 Å². The van der Waals surface area contributed by atoms with Crippen LogP contribution in [0, 0.1) is 11.2 Å². The summed E-state index contributed by atoms with van der Waals surface area (Å²) in [5, 5.41) is 12.4. The molecule has 1 aromatic carbocycles. The zero-order chi connectivity index (χ0) is 21.5. The van der Waals surface area contributed by atoms with Crippen LogP contribution in [0.25, 0.3) is 12.2 Å². The largest absolute Gasteiger partial charge is 0.490 e. The maximum absolute atomic E-state index is 13.5. The molecule has 0 bridgehead atoms. The molecule has 0 fully saturated rings. The van der Waals surface area contributed by atoms with Gasteiger partial charge in [-0.15, -0.1) is 0 Å². The van der Waals surface area contributed by atoms with Crippen molar-refractivity contribution in [2.75, 3.05) is 12.4 Å². The van der Waals surface area contributed by atoms with E-state index >= 15 is 0 Å². The maximum atomic E-state index is 13.5. The van der Waals surface area contributed by atoms with E-state index in [2.05, 4.69) is 40.4 Å². The lowest BCUT2D eigenvalue weighted by Crippen LogP contribution is -2.43. The smallest absolute Gasteiger partial charge is 0.316 e. The fourth-order valence-corrected chi connectivity index (χ4v) is 3.68. The Morgan fingerprint density at radius 3 is 2.93 bits per heavy atom. The Morgan fingerprint density at radius 1 is 1.40 bits per heavy atom. The molecule has 0 aliphatic heterocycles. The number of rotatable bonds is 5. The highest BCUT2D eigenvalue weighted by Gasteiger charge is 2.29. The van der Waals surface area contributed by atoms with Crippen LogP contribution >= 0.6 is 11.6 Å². The molecule has 3 aromatic rings. The molecule has 156 valence electrons. The van der Waals surface area contributed by atoms with E-state index in [0.29, 0.717) is 12.5 Å². The summed E-state index contributed by atoms with van der Waals surface area (Å²) in [5.74, 6) is -0.00572. The minimum absolute atomic E-state index is 0.0334. The van der Waals surface area contributed by atoms with Gasteiger partial charge < -0.3 is 14.6 Å². The third-order valence-electron chi connectivity index (χ3n) is 5.17. The molecule has 1 unspecified atom stereocenters. The number of anilines is 1. The van der Waals surface area contributed by atoms with Gasteiger partial charge >= 0.3 is 5.56 Å². The average molecular weight is 430 g/mol. The van der Waals surface area contributed by atoms with Crippen LogP contribution in [-0.2, 0) is 6.54 Å². The van der Waals surface area contributed by atoms with Crippen molar-refractivity contribution in [2.24, 2.45) is 5.41 Å². The van der Waals surface area contributed by atoms with Crippen LogP contribution in [0.5, 0.6) is 5.75 Å². The number of halogens is 2. The third kappa shape index (κ3) is 3.82. The van der Waals surface area contributed by atoms with Crippen LogP contribution in [0.15, 0.2) is 35.4 Å². The summed E-state index contributed by atoms with van der Waals surface area (Å²) in [6.45, 7) is 4.49. The van der Waals surface area contributed by atoms with E-state index in [0.717, 1.165) is 16.1 Å². The van der Waals surface area contributed by atoms with Gasteiger partial charge in [-0.1, -0.05) is 37.6 Å². The number of hydrogen-bond acceptors (Lipinski definition) is 5. The van der Waals surface area contributed by atoms with Crippen LogP contribution in [0.3, 0.4) is 0 Å². The molecular formula is C21H21ClFN5O2. The molecule has 2 heterocycles. The Morgan fingerprint density at radius 2 is 2.20 bits per heavy atom. The minimum Gasteiger partial charge on any atom is -0.490 e. The molecule has 9 heteroatoms. The minimum atomic E-state index is -0.487. The van der Waals surface area contributed by atoms with Gasteiger partial charge in [0, 0.05) is 10.6 Å². The highest BCUT2D eigenvalue weighted by atomic mass is 35.5. The second kappa shape index (κ2) is 7.60. The topological polar surface area (TPSA) is 84.8 Å². The van der Waals surface area contributed by atoms with Crippen molar-refractivity contribution in [3.8, 4) is 5.75 Å². The summed E-state index contributed by atoms with van der Waals surface area (Å²) < 4.78 is 20.4. The quantitative estimate of drug-likeness (QED) is 0.647. The SMILES string of the molecule is COc1cn(Cc2ccc(F)c(Cl)c2)c(NC2C=c3[nH]ncc3=CC2(C)C)nc1=O. The molecule has 7 nitrogen and oxygen atoms in total. The molecule has 1 atom stereocenters. The maximum Gasteiger partial charge on any atom is 0.316 e. The predicted molar refractivity (Wildman–Crippen MR) is 114 cm³/mol. The van der Waals surface area contributed by atoms with E-state index in [1.807, 2.05) is 6.08 Å². The highest BCUT2D eigenvalue weighted by molar-refractivity contribution is 6.30. The Labute approximate surface area is 176 Å². The van der Waals surface area contributed by atoms with Crippen molar-refractivity contribution < 1.29 is 9.13 Å². The molecule has 4 rings (SSSR count). The van der Waals surface area contributed by atoms with E-state index in [-0.39, 0.29) is 22.2 Å². The summed E-state index contributed by atoms with van der Waals surface area (Å²) >= 11 is 5.93. The Balaban J connectivity index is 1.74. The van der Waals surface area contributed by atoms with Gasteiger partial charge in [0.25, 0.3) is 0 Å². The molecule has 0 saturated heterocycles. The molecule has 0 radical (unpaired) electrons. The summed E-state index contributed by atoms with van der Waals surface area (Å²) in [5.41, 5.74) is 0.0119. The first-order chi connectivity index (χ1) is 14.3. The number of fused-ring (bicyclic) bond motifs is 1. The molecule has 2 N–H and O–H groups in total. The second-order valence-electron chi connectivity index (χ2n) is 7.81. The van der Waals surface area contributed by atoms with Crippen molar-refractivity contribution >= 4 is 29.7 Å². The molecular weight excluding hydrogens is 409 g/mol. The Hall–Kier alpha value is -3.13. The van der Waals surface area contributed by atoms with Gasteiger partial charge in [0.1, 0.15) is 5.82 Å². The molecule has 0 amide bonds. The van der Waals surface area contributed by atoms with Gasteiger partial charge in [0.2, 0.25) is 11.7 Å². The zero-order valence-corrected chi connectivity index (χ0v) is 17.5. The fourth-order valence-electron chi connectivity index (χ4n) is 3.48. The number of methoxy groups -OCH3 is 1. The van der Waals surface area contributed by atoms with Crippen LogP contribution in [0.1, 0.15) is 19.4 Å². The average Bonchev–Trinajstić information content (AvgIpc) is 3.12. The van der Waals surface area contributed by atoms with E-state index < -0.39 is 11.4 Å². The molecule has 1 aliphatic rings. The summed E-state index contributed by atoms with van der Waals surface area (Å²) in [6.07, 6.45) is 7.51. The lowest BCUT2D eigenvalue weighted by molar-refractivity contribution is 0.401. The zero-order valence-electron chi connectivity index (χ0n) is 16.7. The van der Waals surface area contributed by atoms with Crippen LogP contribution in [-0.4, -0.2) is 32.9 Å². The molecule has 0 saturated carbocycles. The number of nitrogens with one attached hydrogen (secondary N) is 2. The summed E-state index contributed by atoms with van der Waals surface area (Å²) in [7, 11) is 1.41. The predicted octanol–water partition coefficient (Wildman–Crippen LogP) is 1.90. The number of aromatic amines is 1. The monoisotopic (exact) mass is 429 g/mol. The van der Waals surface area contributed by atoms with Crippen molar-refractivity contribution in [2.45, 2.75) is 26.4 Å². The number of aromatic nitrogens is 4. The standard InChI is InChI=1S/C21H21ClFN5O2/c1-21(2)8-13-9-24-27-16(13)7-18(21)25-20-26-19(29)17(30-3)11-28(20)10-12-4-5-15(23)14(22)6-12/h4-9,11,18,27H,10H2,1-3H3,(H,25,26,29). The fraction of sp³-hybridized carbons (Fsp3) is 0.286. The lowest BCUT2D eigenvalue weighted by atomic mass is 9.81. The van der Waals surface area contributed by atoms with Gasteiger partial charge in [-0.25, -0.2) is 4.39 Å². The lowest BCUT2D eigenvalue weighted by Gasteiger charge is -2.32. The Bertz CT molecular complexity index is 1280.